The summed E-state index contributed by atoms with van der Waals surface area (Å²) in [5, 5.41) is 3.59. The molecule has 0 aliphatic carbocycles. The average Bonchev–Trinajstić information content (AvgIpc) is 2.48. The Labute approximate surface area is 97.8 Å². The maximum Gasteiger partial charge on any atom is 0.151 e. The topological polar surface area (TPSA) is 17.1 Å². The predicted molar refractivity (Wildman–Crippen MR) is 64.9 cm³/mol. The lowest BCUT2D eigenvalue weighted by molar-refractivity contribution is 0.112. The van der Waals surface area contributed by atoms with Crippen molar-refractivity contribution >= 4 is 61.9 Å². The molecule has 66 valence electrons. The third kappa shape index (κ3) is 1.60. The van der Waals surface area contributed by atoms with E-state index in [1.807, 2.05) is 17.5 Å². The van der Waals surface area contributed by atoms with Gasteiger partial charge in [0.1, 0.15) is 0 Å². The van der Waals surface area contributed by atoms with Gasteiger partial charge in [-0.2, -0.15) is 0 Å². The van der Waals surface area contributed by atoms with Crippen molar-refractivity contribution in [3.05, 3.63) is 31.7 Å². The Hall–Kier alpha value is -0.130. The first kappa shape index (κ1) is 9.43. The average molecular weight is 323 g/mol. The zero-order valence-electron chi connectivity index (χ0n) is 6.38. The van der Waals surface area contributed by atoms with E-state index in [-0.39, 0.29) is 0 Å². The molecule has 1 aromatic heterocycles. The number of halogens is 2. The van der Waals surface area contributed by atoms with Gasteiger partial charge in [0.25, 0.3) is 0 Å². The minimum absolute atomic E-state index is 0.743. The maximum absolute atomic E-state index is 10.6. The molecular weight excluding hydrogens is 319 g/mol. The van der Waals surface area contributed by atoms with Crippen LogP contribution in [-0.2, 0) is 0 Å². The number of hydrogen-bond acceptors (Lipinski definition) is 2. The van der Waals surface area contributed by atoms with Crippen molar-refractivity contribution in [1.82, 2.24) is 0 Å². The van der Waals surface area contributed by atoms with Gasteiger partial charge in [0, 0.05) is 24.6 Å². The van der Waals surface area contributed by atoms with Crippen LogP contribution in [0.3, 0.4) is 0 Å². The Morgan fingerprint density at radius 2 is 2.23 bits per heavy atom. The van der Waals surface area contributed by atoms with Gasteiger partial charge in [-0.05, 0) is 34.7 Å². The Kier molecular flexibility index (Phi) is 2.58. The Morgan fingerprint density at radius 1 is 1.46 bits per heavy atom. The fraction of sp³-hybridized carbons (Fsp3) is 0. The third-order valence-electron chi connectivity index (χ3n) is 1.77. The van der Waals surface area contributed by atoms with Crippen molar-refractivity contribution in [2.45, 2.75) is 0 Å². The second-order valence-electron chi connectivity index (χ2n) is 2.57. The summed E-state index contributed by atoms with van der Waals surface area (Å²) >= 11 is 9.65. The van der Waals surface area contributed by atoms with Gasteiger partial charge in [-0.25, -0.2) is 0 Å². The molecule has 0 aliphatic heterocycles. The van der Waals surface area contributed by atoms with Gasteiger partial charge >= 0.3 is 0 Å². The summed E-state index contributed by atoms with van der Waals surface area (Å²) in [6.45, 7) is 0. The van der Waals surface area contributed by atoms with Crippen LogP contribution < -0.4 is 0 Å². The molecule has 2 rings (SSSR count). The van der Waals surface area contributed by atoms with E-state index in [4.69, 9.17) is 11.6 Å². The fourth-order valence-electron chi connectivity index (χ4n) is 1.13. The number of hydrogen-bond donors (Lipinski definition) is 0. The monoisotopic (exact) mass is 322 g/mol. The summed E-state index contributed by atoms with van der Waals surface area (Å²) in [6.07, 6.45) is 0.878. The first-order valence-corrected chi connectivity index (χ1v) is 5.87. The van der Waals surface area contributed by atoms with Crippen LogP contribution in [0.4, 0.5) is 0 Å². The molecular formula is C9H4ClIOS. The van der Waals surface area contributed by atoms with Crippen LogP contribution in [0.25, 0.3) is 10.1 Å². The molecule has 0 saturated carbocycles. The highest BCUT2D eigenvalue weighted by Gasteiger charge is 2.06. The number of carbonyl (C=O) groups excluding carboxylic acids is 1. The molecule has 1 aromatic carbocycles. The standard InChI is InChI=1S/C9H4ClIOS/c10-7-2-9-6(1-8(7)11)5(3-12)4-13-9/h1-4H. The molecule has 0 N–H and O–H groups in total. The van der Waals surface area contributed by atoms with E-state index in [1.54, 1.807) is 11.3 Å². The van der Waals surface area contributed by atoms with E-state index >= 15 is 0 Å². The maximum atomic E-state index is 10.6. The molecule has 0 fully saturated rings. The summed E-state index contributed by atoms with van der Waals surface area (Å²) in [4.78, 5) is 10.6. The highest BCUT2D eigenvalue weighted by atomic mass is 127. The zero-order valence-corrected chi connectivity index (χ0v) is 10.1. The van der Waals surface area contributed by atoms with Crippen LogP contribution in [0, 0.1) is 3.57 Å². The van der Waals surface area contributed by atoms with Crippen molar-refractivity contribution < 1.29 is 4.79 Å². The molecule has 1 heterocycles. The molecule has 2 aromatic rings. The molecule has 0 amide bonds. The minimum atomic E-state index is 0.743. The molecule has 0 spiro atoms. The minimum Gasteiger partial charge on any atom is -0.298 e. The first-order valence-electron chi connectivity index (χ1n) is 3.54. The predicted octanol–water partition coefficient (Wildman–Crippen LogP) is 3.97. The molecule has 0 aliphatic rings. The lowest BCUT2D eigenvalue weighted by atomic mass is 10.2. The number of carbonyl (C=O) groups is 1. The number of aldehydes is 1. The van der Waals surface area contributed by atoms with Crippen molar-refractivity contribution in [2.75, 3.05) is 0 Å². The normalized spacial score (nSPS) is 10.6. The van der Waals surface area contributed by atoms with E-state index < -0.39 is 0 Å². The summed E-state index contributed by atoms with van der Waals surface area (Å²) in [5.41, 5.74) is 0.745. The Morgan fingerprint density at radius 3 is 2.92 bits per heavy atom. The Balaban J connectivity index is 2.84. The summed E-state index contributed by atoms with van der Waals surface area (Å²) in [7, 11) is 0. The van der Waals surface area contributed by atoms with Crippen molar-refractivity contribution in [2.24, 2.45) is 0 Å². The van der Waals surface area contributed by atoms with E-state index in [0.717, 1.165) is 30.5 Å². The van der Waals surface area contributed by atoms with Gasteiger partial charge in [0.2, 0.25) is 0 Å². The fourth-order valence-corrected chi connectivity index (χ4v) is 2.75. The summed E-state index contributed by atoms with van der Waals surface area (Å²) < 4.78 is 2.04. The molecule has 1 nitrogen and oxygen atoms in total. The van der Waals surface area contributed by atoms with Crippen molar-refractivity contribution in [3.8, 4) is 0 Å². The van der Waals surface area contributed by atoms with Gasteiger partial charge in [-0.3, -0.25) is 4.79 Å². The van der Waals surface area contributed by atoms with Gasteiger partial charge < -0.3 is 0 Å². The summed E-state index contributed by atoms with van der Waals surface area (Å²) in [5.74, 6) is 0. The quantitative estimate of drug-likeness (QED) is 0.573. The van der Waals surface area contributed by atoms with Gasteiger partial charge in [-0.15, -0.1) is 11.3 Å². The lowest BCUT2D eigenvalue weighted by Crippen LogP contribution is -1.77. The van der Waals surface area contributed by atoms with Crippen LogP contribution >= 0.6 is 45.5 Å². The number of rotatable bonds is 1. The molecule has 0 bridgehead atoms. The molecule has 0 atom stereocenters. The highest BCUT2D eigenvalue weighted by molar-refractivity contribution is 14.1. The SMILES string of the molecule is O=Cc1csc2cc(Cl)c(I)cc12. The molecule has 0 unspecified atom stereocenters. The zero-order chi connectivity index (χ0) is 9.42. The lowest BCUT2D eigenvalue weighted by Gasteiger charge is -1.96. The van der Waals surface area contributed by atoms with Crippen molar-refractivity contribution in [3.63, 3.8) is 0 Å². The summed E-state index contributed by atoms with van der Waals surface area (Å²) in [6, 6.07) is 3.84. The number of fused-ring (bicyclic) bond motifs is 1. The number of benzene rings is 1. The van der Waals surface area contributed by atoms with E-state index in [0.29, 0.717) is 0 Å². The highest BCUT2D eigenvalue weighted by Crippen LogP contribution is 2.31. The van der Waals surface area contributed by atoms with Gasteiger partial charge in [0.15, 0.2) is 6.29 Å². The van der Waals surface area contributed by atoms with E-state index in [9.17, 15) is 4.79 Å². The van der Waals surface area contributed by atoms with Crippen LogP contribution in [-0.4, -0.2) is 6.29 Å². The molecule has 13 heavy (non-hydrogen) atoms. The largest absolute Gasteiger partial charge is 0.298 e. The third-order valence-corrected chi connectivity index (χ3v) is 4.26. The first-order chi connectivity index (χ1) is 6.22. The van der Waals surface area contributed by atoms with Gasteiger partial charge in [-0.1, -0.05) is 11.6 Å². The smallest absolute Gasteiger partial charge is 0.151 e. The second-order valence-corrected chi connectivity index (χ2v) is 5.05. The van der Waals surface area contributed by atoms with Crippen LogP contribution in [0.1, 0.15) is 10.4 Å². The molecule has 0 radical (unpaired) electrons. The Bertz CT molecular complexity index is 478. The second kappa shape index (κ2) is 3.55. The van der Waals surface area contributed by atoms with Gasteiger partial charge in [0.05, 0.1) is 5.02 Å². The van der Waals surface area contributed by atoms with E-state index in [2.05, 4.69) is 22.6 Å². The number of thiophene rings is 1. The van der Waals surface area contributed by atoms with E-state index in [1.165, 1.54) is 0 Å². The molecule has 0 saturated heterocycles. The van der Waals surface area contributed by atoms with Crippen LogP contribution in [0.2, 0.25) is 5.02 Å². The molecule has 4 heteroatoms. The van der Waals surface area contributed by atoms with Crippen LogP contribution in [0.15, 0.2) is 17.5 Å². The van der Waals surface area contributed by atoms with Crippen LogP contribution in [0.5, 0.6) is 0 Å². The van der Waals surface area contributed by atoms with Crippen molar-refractivity contribution in [1.29, 1.82) is 0 Å².